The minimum Gasteiger partial charge on any atom is -0.461 e. The lowest BCUT2D eigenvalue weighted by Crippen LogP contribution is -1.83. The van der Waals surface area contributed by atoms with E-state index in [1.165, 1.54) is 0 Å². The number of furan rings is 1. The van der Waals surface area contributed by atoms with Crippen LogP contribution in [0.4, 0.5) is 0 Å². The Balaban J connectivity index is 2.61. The SMILES string of the molecule is Cc1ccc(C#N)c(-c2ccc(C)o2)c1. The maximum atomic E-state index is 8.99. The van der Waals surface area contributed by atoms with Crippen molar-refractivity contribution in [2.45, 2.75) is 13.8 Å². The Hall–Kier alpha value is -2.01. The summed E-state index contributed by atoms with van der Waals surface area (Å²) in [7, 11) is 0. The molecule has 15 heavy (non-hydrogen) atoms. The topological polar surface area (TPSA) is 36.9 Å². The summed E-state index contributed by atoms with van der Waals surface area (Å²) in [4.78, 5) is 0. The number of rotatable bonds is 1. The van der Waals surface area contributed by atoms with Crippen LogP contribution in [0.3, 0.4) is 0 Å². The summed E-state index contributed by atoms with van der Waals surface area (Å²) in [5.41, 5.74) is 2.64. The molecule has 2 nitrogen and oxygen atoms in total. The normalized spacial score (nSPS) is 9.93. The minimum atomic E-state index is 0.648. The van der Waals surface area contributed by atoms with E-state index in [-0.39, 0.29) is 0 Å². The van der Waals surface area contributed by atoms with Crippen LogP contribution in [0.15, 0.2) is 34.7 Å². The van der Waals surface area contributed by atoms with Gasteiger partial charge in [-0.1, -0.05) is 11.6 Å². The first-order chi connectivity index (χ1) is 7.20. The van der Waals surface area contributed by atoms with Crippen molar-refractivity contribution >= 4 is 0 Å². The molecule has 0 N–H and O–H groups in total. The van der Waals surface area contributed by atoms with E-state index in [4.69, 9.17) is 9.68 Å². The first-order valence-corrected chi connectivity index (χ1v) is 4.78. The van der Waals surface area contributed by atoms with Gasteiger partial charge >= 0.3 is 0 Å². The van der Waals surface area contributed by atoms with Crippen molar-refractivity contribution in [2.75, 3.05) is 0 Å². The lowest BCUT2D eigenvalue weighted by Gasteiger charge is -2.01. The largest absolute Gasteiger partial charge is 0.461 e. The molecule has 0 bridgehead atoms. The molecule has 0 atom stereocenters. The van der Waals surface area contributed by atoms with E-state index in [0.717, 1.165) is 22.6 Å². The summed E-state index contributed by atoms with van der Waals surface area (Å²) in [6.07, 6.45) is 0. The van der Waals surface area contributed by atoms with Gasteiger partial charge in [0.2, 0.25) is 0 Å². The monoisotopic (exact) mass is 197 g/mol. The maximum Gasteiger partial charge on any atom is 0.135 e. The predicted octanol–water partition coefficient (Wildman–Crippen LogP) is 3.44. The highest BCUT2D eigenvalue weighted by atomic mass is 16.3. The van der Waals surface area contributed by atoms with Gasteiger partial charge < -0.3 is 4.42 Å². The Morgan fingerprint density at radius 3 is 2.53 bits per heavy atom. The Bertz CT molecular complexity index is 532. The molecule has 2 aromatic rings. The molecule has 0 aliphatic carbocycles. The average Bonchev–Trinajstić information content (AvgIpc) is 2.65. The number of nitrogens with zero attached hydrogens (tertiary/aromatic N) is 1. The van der Waals surface area contributed by atoms with Gasteiger partial charge in [-0.2, -0.15) is 5.26 Å². The highest BCUT2D eigenvalue weighted by Gasteiger charge is 2.08. The molecule has 74 valence electrons. The Morgan fingerprint density at radius 2 is 1.93 bits per heavy atom. The van der Waals surface area contributed by atoms with Gasteiger partial charge in [0.05, 0.1) is 11.6 Å². The Morgan fingerprint density at radius 1 is 1.13 bits per heavy atom. The summed E-state index contributed by atoms with van der Waals surface area (Å²) in [6, 6.07) is 11.7. The first-order valence-electron chi connectivity index (χ1n) is 4.78. The van der Waals surface area contributed by atoms with Gasteiger partial charge in [-0.3, -0.25) is 0 Å². The van der Waals surface area contributed by atoms with Crippen molar-refractivity contribution in [3.63, 3.8) is 0 Å². The van der Waals surface area contributed by atoms with E-state index in [1.54, 1.807) is 0 Å². The molecule has 0 spiro atoms. The quantitative estimate of drug-likeness (QED) is 0.702. The predicted molar refractivity (Wildman–Crippen MR) is 58.3 cm³/mol. The Labute approximate surface area is 88.8 Å². The third-order valence-corrected chi connectivity index (χ3v) is 2.30. The lowest BCUT2D eigenvalue weighted by molar-refractivity contribution is 0.548. The third-order valence-electron chi connectivity index (χ3n) is 2.30. The molecule has 0 aliphatic heterocycles. The van der Waals surface area contributed by atoms with Gasteiger partial charge in [0.1, 0.15) is 11.5 Å². The fraction of sp³-hybridized carbons (Fsp3) is 0.154. The molecule has 0 amide bonds. The summed E-state index contributed by atoms with van der Waals surface area (Å²) < 4.78 is 5.52. The molecule has 0 saturated carbocycles. The number of benzene rings is 1. The Kier molecular flexibility index (Phi) is 2.31. The third kappa shape index (κ3) is 1.77. The van der Waals surface area contributed by atoms with E-state index in [9.17, 15) is 0 Å². The molecule has 0 radical (unpaired) electrons. The van der Waals surface area contributed by atoms with Gasteiger partial charge in [0.15, 0.2) is 0 Å². The van der Waals surface area contributed by atoms with Gasteiger partial charge in [0, 0.05) is 5.56 Å². The molecular formula is C13H11NO. The second-order valence-corrected chi connectivity index (χ2v) is 3.57. The van der Waals surface area contributed by atoms with Crippen LogP contribution in [-0.4, -0.2) is 0 Å². The molecule has 0 aliphatic rings. The molecule has 1 heterocycles. The van der Waals surface area contributed by atoms with Crippen LogP contribution in [0.5, 0.6) is 0 Å². The van der Waals surface area contributed by atoms with E-state index in [2.05, 4.69) is 6.07 Å². The van der Waals surface area contributed by atoms with E-state index in [0.29, 0.717) is 5.56 Å². The average molecular weight is 197 g/mol. The zero-order valence-electron chi connectivity index (χ0n) is 8.74. The lowest BCUT2D eigenvalue weighted by atomic mass is 10.0. The van der Waals surface area contributed by atoms with Crippen molar-refractivity contribution in [1.29, 1.82) is 5.26 Å². The van der Waals surface area contributed by atoms with Crippen molar-refractivity contribution < 1.29 is 4.42 Å². The van der Waals surface area contributed by atoms with Gasteiger partial charge in [-0.05, 0) is 38.1 Å². The fourth-order valence-corrected chi connectivity index (χ4v) is 1.54. The van der Waals surface area contributed by atoms with Crippen molar-refractivity contribution in [1.82, 2.24) is 0 Å². The van der Waals surface area contributed by atoms with Crippen LogP contribution in [0, 0.1) is 25.2 Å². The summed E-state index contributed by atoms with van der Waals surface area (Å²) in [6.45, 7) is 3.89. The first kappa shape index (κ1) is 9.54. The maximum absolute atomic E-state index is 8.99. The van der Waals surface area contributed by atoms with Crippen LogP contribution in [0.1, 0.15) is 16.9 Å². The highest BCUT2D eigenvalue weighted by Crippen LogP contribution is 2.26. The molecule has 0 unspecified atom stereocenters. The molecule has 1 aromatic carbocycles. The molecule has 2 rings (SSSR count). The van der Waals surface area contributed by atoms with E-state index < -0.39 is 0 Å². The van der Waals surface area contributed by atoms with Gasteiger partial charge in [-0.25, -0.2) is 0 Å². The number of hydrogen-bond donors (Lipinski definition) is 0. The smallest absolute Gasteiger partial charge is 0.135 e. The van der Waals surface area contributed by atoms with Crippen LogP contribution in [0.25, 0.3) is 11.3 Å². The molecule has 0 saturated heterocycles. The van der Waals surface area contributed by atoms with Gasteiger partial charge in [-0.15, -0.1) is 0 Å². The van der Waals surface area contributed by atoms with E-state index in [1.807, 2.05) is 44.2 Å². The van der Waals surface area contributed by atoms with Crippen LogP contribution in [-0.2, 0) is 0 Å². The number of nitriles is 1. The van der Waals surface area contributed by atoms with Crippen LogP contribution in [0.2, 0.25) is 0 Å². The summed E-state index contributed by atoms with van der Waals surface area (Å²) in [5, 5.41) is 8.99. The number of aryl methyl sites for hydroxylation is 2. The minimum absolute atomic E-state index is 0.648. The number of hydrogen-bond acceptors (Lipinski definition) is 2. The molecule has 0 fully saturated rings. The van der Waals surface area contributed by atoms with Crippen LogP contribution >= 0.6 is 0 Å². The zero-order valence-corrected chi connectivity index (χ0v) is 8.74. The zero-order chi connectivity index (χ0) is 10.8. The second-order valence-electron chi connectivity index (χ2n) is 3.57. The highest BCUT2D eigenvalue weighted by molar-refractivity contribution is 5.67. The second kappa shape index (κ2) is 3.62. The van der Waals surface area contributed by atoms with Crippen LogP contribution < -0.4 is 0 Å². The van der Waals surface area contributed by atoms with Crippen molar-refractivity contribution in [3.05, 3.63) is 47.2 Å². The van der Waals surface area contributed by atoms with E-state index >= 15 is 0 Å². The van der Waals surface area contributed by atoms with Gasteiger partial charge in [0.25, 0.3) is 0 Å². The molecule has 2 heteroatoms. The van der Waals surface area contributed by atoms with Crippen molar-refractivity contribution in [2.24, 2.45) is 0 Å². The summed E-state index contributed by atoms with van der Waals surface area (Å²) >= 11 is 0. The standard InChI is InChI=1S/C13H11NO/c1-9-3-5-11(8-14)12(7-9)13-6-4-10(2)15-13/h3-7H,1-2H3. The molecular weight excluding hydrogens is 186 g/mol. The molecule has 1 aromatic heterocycles. The van der Waals surface area contributed by atoms with Crippen molar-refractivity contribution in [3.8, 4) is 17.4 Å². The fourth-order valence-electron chi connectivity index (χ4n) is 1.54. The summed E-state index contributed by atoms with van der Waals surface area (Å²) in [5.74, 6) is 1.61.